The van der Waals surface area contributed by atoms with Crippen molar-refractivity contribution >= 4 is 17.0 Å². The molecule has 3 aromatic rings. The number of aromatic nitrogens is 1. The highest BCUT2D eigenvalue weighted by atomic mass is 16.3. The molecule has 0 spiro atoms. The minimum Gasteiger partial charge on any atom is -0.380 e. The van der Waals surface area contributed by atoms with Gasteiger partial charge in [0, 0.05) is 35.6 Å². The van der Waals surface area contributed by atoms with Crippen LogP contribution in [0.1, 0.15) is 55.7 Å². The minimum atomic E-state index is -0.959. The molecule has 1 N–H and O–H groups in total. The van der Waals surface area contributed by atoms with Gasteiger partial charge in [0.2, 0.25) is 0 Å². The molecule has 0 saturated carbocycles. The number of hydrogen-bond acceptors (Lipinski definition) is 1. The first-order chi connectivity index (χ1) is 12.7. The Kier molecular flexibility index (Phi) is 4.69. The molecule has 134 valence electrons. The van der Waals surface area contributed by atoms with E-state index in [9.17, 15) is 5.11 Å². The summed E-state index contributed by atoms with van der Waals surface area (Å²) in [6.07, 6.45) is 12.0. The Morgan fingerprint density at radius 1 is 0.962 bits per heavy atom. The molecular weight excluding hydrogens is 318 g/mol. The Bertz CT molecular complexity index is 936. The quantitative estimate of drug-likeness (QED) is 0.555. The number of nitrogens with zero attached hydrogens (tertiary/aromatic N) is 1. The van der Waals surface area contributed by atoms with E-state index in [-0.39, 0.29) is 0 Å². The number of fused-ring (bicyclic) bond motifs is 2. The first-order valence-corrected chi connectivity index (χ1v) is 9.81. The zero-order chi connectivity index (χ0) is 18.0. The molecule has 1 atom stereocenters. The lowest BCUT2D eigenvalue weighted by atomic mass is 9.78. The summed E-state index contributed by atoms with van der Waals surface area (Å²) in [5.74, 6) is 0. The molecule has 2 nitrogen and oxygen atoms in total. The monoisotopic (exact) mass is 345 g/mol. The van der Waals surface area contributed by atoms with Gasteiger partial charge in [0.25, 0.3) is 0 Å². The molecule has 0 amide bonds. The molecule has 2 aromatic carbocycles. The van der Waals surface area contributed by atoms with Gasteiger partial charge in [0.15, 0.2) is 0 Å². The fourth-order valence-electron chi connectivity index (χ4n) is 4.21. The molecule has 0 bridgehead atoms. The summed E-state index contributed by atoms with van der Waals surface area (Å²) in [6.45, 7) is 3.25. The van der Waals surface area contributed by atoms with Crippen LogP contribution < -0.4 is 0 Å². The predicted molar refractivity (Wildman–Crippen MR) is 109 cm³/mol. The SMILES string of the molecule is CCCCCCn1cc([C@]2(O)CC=Cc3ccccc32)c2ccccc21. The summed E-state index contributed by atoms with van der Waals surface area (Å²) in [4.78, 5) is 0. The van der Waals surface area contributed by atoms with E-state index in [0.717, 1.165) is 28.6 Å². The zero-order valence-corrected chi connectivity index (χ0v) is 15.5. The maximum Gasteiger partial charge on any atom is 0.121 e. The fourth-order valence-corrected chi connectivity index (χ4v) is 4.21. The minimum absolute atomic E-state index is 0.619. The van der Waals surface area contributed by atoms with E-state index in [1.807, 2.05) is 12.1 Å². The van der Waals surface area contributed by atoms with Crippen molar-refractivity contribution in [2.24, 2.45) is 0 Å². The van der Waals surface area contributed by atoms with Crippen LogP contribution in [0, 0.1) is 0 Å². The number of para-hydroxylation sites is 1. The lowest BCUT2D eigenvalue weighted by Gasteiger charge is -2.31. The van der Waals surface area contributed by atoms with Gasteiger partial charge in [0.1, 0.15) is 5.60 Å². The van der Waals surface area contributed by atoms with E-state index >= 15 is 0 Å². The molecular formula is C24H27NO. The fraction of sp³-hybridized carbons (Fsp3) is 0.333. The summed E-state index contributed by atoms with van der Waals surface area (Å²) < 4.78 is 2.33. The summed E-state index contributed by atoms with van der Waals surface area (Å²) in [7, 11) is 0. The van der Waals surface area contributed by atoms with Gasteiger partial charge < -0.3 is 9.67 Å². The van der Waals surface area contributed by atoms with Crippen LogP contribution in [0.15, 0.2) is 60.8 Å². The van der Waals surface area contributed by atoms with Gasteiger partial charge in [-0.3, -0.25) is 0 Å². The first kappa shape index (κ1) is 17.1. The molecule has 0 aliphatic heterocycles. The summed E-state index contributed by atoms with van der Waals surface area (Å²) in [5.41, 5.74) is 3.41. The van der Waals surface area contributed by atoms with Crippen LogP contribution in [0.5, 0.6) is 0 Å². The highest BCUT2D eigenvalue weighted by molar-refractivity contribution is 5.86. The van der Waals surface area contributed by atoms with Gasteiger partial charge in [-0.1, -0.05) is 80.8 Å². The average molecular weight is 345 g/mol. The summed E-state index contributed by atoms with van der Waals surface area (Å²) >= 11 is 0. The molecule has 0 fully saturated rings. The van der Waals surface area contributed by atoms with Crippen LogP contribution in [0.4, 0.5) is 0 Å². The lowest BCUT2D eigenvalue weighted by molar-refractivity contribution is 0.0841. The second-order valence-corrected chi connectivity index (χ2v) is 7.37. The van der Waals surface area contributed by atoms with Crippen molar-refractivity contribution in [1.82, 2.24) is 4.57 Å². The molecule has 1 heterocycles. The van der Waals surface area contributed by atoms with Gasteiger partial charge in [-0.2, -0.15) is 0 Å². The Hall–Kier alpha value is -2.32. The van der Waals surface area contributed by atoms with Crippen molar-refractivity contribution in [2.45, 2.75) is 51.2 Å². The zero-order valence-electron chi connectivity index (χ0n) is 15.5. The third kappa shape index (κ3) is 2.89. The van der Waals surface area contributed by atoms with Crippen molar-refractivity contribution in [1.29, 1.82) is 0 Å². The van der Waals surface area contributed by atoms with E-state index in [0.29, 0.717) is 6.42 Å². The Morgan fingerprint density at radius 3 is 2.65 bits per heavy atom. The van der Waals surface area contributed by atoms with Crippen LogP contribution in [0.3, 0.4) is 0 Å². The summed E-state index contributed by atoms with van der Waals surface area (Å²) in [6, 6.07) is 16.7. The number of unbranched alkanes of at least 4 members (excludes halogenated alkanes) is 3. The second-order valence-electron chi connectivity index (χ2n) is 7.37. The largest absolute Gasteiger partial charge is 0.380 e. The number of aryl methyl sites for hydroxylation is 1. The first-order valence-electron chi connectivity index (χ1n) is 9.81. The summed E-state index contributed by atoms with van der Waals surface area (Å²) in [5, 5.41) is 12.9. The third-order valence-corrected chi connectivity index (χ3v) is 5.60. The van der Waals surface area contributed by atoms with Crippen molar-refractivity contribution in [3.05, 3.63) is 77.5 Å². The molecule has 0 saturated heterocycles. The van der Waals surface area contributed by atoms with Gasteiger partial charge in [-0.25, -0.2) is 0 Å². The maximum atomic E-state index is 11.8. The Morgan fingerprint density at radius 2 is 1.77 bits per heavy atom. The molecule has 26 heavy (non-hydrogen) atoms. The average Bonchev–Trinajstić information content (AvgIpc) is 3.05. The molecule has 1 aliphatic rings. The Balaban J connectivity index is 1.78. The molecule has 0 radical (unpaired) electrons. The maximum absolute atomic E-state index is 11.8. The van der Waals surface area contributed by atoms with E-state index in [1.165, 1.54) is 31.2 Å². The van der Waals surface area contributed by atoms with Crippen LogP contribution in [-0.2, 0) is 12.1 Å². The molecule has 0 unspecified atom stereocenters. The van der Waals surface area contributed by atoms with Crippen LogP contribution >= 0.6 is 0 Å². The van der Waals surface area contributed by atoms with Crippen LogP contribution in [0.25, 0.3) is 17.0 Å². The van der Waals surface area contributed by atoms with Gasteiger partial charge in [-0.15, -0.1) is 0 Å². The topological polar surface area (TPSA) is 25.2 Å². The smallest absolute Gasteiger partial charge is 0.121 e. The molecule has 4 rings (SSSR count). The number of rotatable bonds is 6. The van der Waals surface area contributed by atoms with E-state index < -0.39 is 5.60 Å². The number of benzene rings is 2. The Labute approximate surface area is 155 Å². The second kappa shape index (κ2) is 7.13. The van der Waals surface area contributed by atoms with Gasteiger partial charge in [-0.05, 0) is 23.6 Å². The van der Waals surface area contributed by atoms with Gasteiger partial charge in [0.05, 0.1) is 0 Å². The molecule has 1 aliphatic carbocycles. The normalized spacial score (nSPS) is 19.0. The highest BCUT2D eigenvalue weighted by Crippen LogP contribution is 2.42. The third-order valence-electron chi connectivity index (χ3n) is 5.60. The number of aliphatic hydroxyl groups is 1. The van der Waals surface area contributed by atoms with Crippen molar-refractivity contribution < 1.29 is 5.11 Å². The van der Waals surface area contributed by atoms with E-state index in [1.54, 1.807) is 0 Å². The highest BCUT2D eigenvalue weighted by Gasteiger charge is 2.36. The van der Waals surface area contributed by atoms with Crippen LogP contribution in [0.2, 0.25) is 0 Å². The van der Waals surface area contributed by atoms with Gasteiger partial charge >= 0.3 is 0 Å². The van der Waals surface area contributed by atoms with Crippen LogP contribution in [-0.4, -0.2) is 9.67 Å². The number of hydrogen-bond donors (Lipinski definition) is 1. The van der Waals surface area contributed by atoms with E-state index in [2.05, 4.69) is 66.2 Å². The standard InChI is InChI=1S/C24H27NO/c1-2-3-4-9-17-25-18-22(20-13-6-8-15-23(20)25)24(26)16-10-12-19-11-5-7-14-21(19)24/h5-8,10-15,18,26H,2-4,9,16-17H2,1H3/t24-/m0/s1. The van der Waals surface area contributed by atoms with E-state index in [4.69, 9.17) is 0 Å². The molecule has 1 aromatic heterocycles. The predicted octanol–water partition coefficient (Wildman–Crippen LogP) is 5.87. The molecule has 2 heteroatoms. The lowest BCUT2D eigenvalue weighted by Crippen LogP contribution is -2.29. The van der Waals surface area contributed by atoms with Crippen molar-refractivity contribution in [2.75, 3.05) is 0 Å². The van der Waals surface area contributed by atoms with Crippen molar-refractivity contribution in [3.8, 4) is 0 Å². The van der Waals surface area contributed by atoms with Crippen molar-refractivity contribution in [3.63, 3.8) is 0 Å².